The van der Waals surface area contributed by atoms with E-state index in [1.54, 1.807) is 23.1 Å². The minimum atomic E-state index is -0.0684. The second-order valence-corrected chi connectivity index (χ2v) is 4.82. The van der Waals surface area contributed by atoms with Crippen LogP contribution in [0.2, 0.25) is 0 Å². The predicted molar refractivity (Wildman–Crippen MR) is 77.2 cm³/mol. The number of carbonyl (C=O) groups excluding carboxylic acids is 1. The van der Waals surface area contributed by atoms with Crippen LogP contribution in [-0.4, -0.2) is 28.6 Å². The summed E-state index contributed by atoms with van der Waals surface area (Å²) in [6.45, 7) is 8.58. The number of hydrogen-bond acceptors (Lipinski definition) is 2. The van der Waals surface area contributed by atoms with E-state index in [0.717, 1.165) is 12.0 Å². The summed E-state index contributed by atoms with van der Waals surface area (Å²) in [5.74, 6) is 0.225. The zero-order valence-electron chi connectivity index (χ0n) is 12.2. The Hall–Kier alpha value is -1.71. The molecule has 0 saturated heterocycles. The molecule has 0 aliphatic carbocycles. The highest BCUT2D eigenvalue weighted by Crippen LogP contribution is 2.23. The standard InChI is InChI=1S/C15H24N2O2/c1-5-11(3)16-15(19)17(6-2)12(4)13-8-7-9-14(18)10-13/h7-12,18H,5-6H2,1-4H3,(H,16,19)/t11-,12+/m0/s1. The van der Waals surface area contributed by atoms with Crippen LogP contribution in [0.25, 0.3) is 0 Å². The number of amides is 2. The molecular weight excluding hydrogens is 240 g/mol. The highest BCUT2D eigenvalue weighted by atomic mass is 16.3. The molecule has 4 heteroatoms. The van der Waals surface area contributed by atoms with Gasteiger partial charge >= 0.3 is 6.03 Å². The molecule has 2 N–H and O–H groups in total. The zero-order valence-corrected chi connectivity index (χ0v) is 12.2. The van der Waals surface area contributed by atoms with E-state index in [0.29, 0.717) is 6.54 Å². The predicted octanol–water partition coefficient (Wildman–Crippen LogP) is 3.28. The van der Waals surface area contributed by atoms with E-state index < -0.39 is 0 Å². The fourth-order valence-electron chi connectivity index (χ4n) is 1.95. The van der Waals surface area contributed by atoms with Crippen molar-refractivity contribution in [2.45, 2.75) is 46.2 Å². The molecule has 106 valence electrons. The van der Waals surface area contributed by atoms with Gasteiger partial charge in [-0.1, -0.05) is 19.1 Å². The minimum Gasteiger partial charge on any atom is -0.508 e. The molecule has 1 aromatic rings. The second kappa shape index (κ2) is 7.02. The Morgan fingerprint density at radius 3 is 2.58 bits per heavy atom. The fourth-order valence-corrected chi connectivity index (χ4v) is 1.95. The summed E-state index contributed by atoms with van der Waals surface area (Å²) in [6, 6.07) is 7.08. The molecule has 1 rings (SSSR count). The largest absolute Gasteiger partial charge is 0.508 e. The van der Waals surface area contributed by atoms with Crippen molar-refractivity contribution in [3.8, 4) is 5.75 Å². The first-order chi connectivity index (χ1) is 8.99. The molecule has 0 bridgehead atoms. The van der Waals surface area contributed by atoms with Crippen LogP contribution in [0.3, 0.4) is 0 Å². The summed E-state index contributed by atoms with van der Waals surface area (Å²) >= 11 is 0. The fraction of sp³-hybridized carbons (Fsp3) is 0.533. The quantitative estimate of drug-likeness (QED) is 0.857. The van der Waals surface area contributed by atoms with Crippen LogP contribution in [-0.2, 0) is 0 Å². The number of nitrogens with one attached hydrogen (secondary N) is 1. The summed E-state index contributed by atoms with van der Waals surface area (Å²) in [7, 11) is 0. The number of aromatic hydroxyl groups is 1. The molecule has 0 heterocycles. The van der Waals surface area contributed by atoms with Crippen molar-refractivity contribution in [2.75, 3.05) is 6.54 Å². The third-order valence-electron chi connectivity index (χ3n) is 3.40. The van der Waals surface area contributed by atoms with Crippen LogP contribution in [0.15, 0.2) is 24.3 Å². The zero-order chi connectivity index (χ0) is 14.4. The van der Waals surface area contributed by atoms with E-state index in [2.05, 4.69) is 5.32 Å². The monoisotopic (exact) mass is 264 g/mol. The molecule has 0 radical (unpaired) electrons. The smallest absolute Gasteiger partial charge is 0.318 e. The van der Waals surface area contributed by atoms with Crippen molar-refractivity contribution < 1.29 is 9.90 Å². The molecule has 0 fully saturated rings. The number of phenols is 1. The molecule has 2 atom stereocenters. The number of nitrogens with zero attached hydrogens (tertiary/aromatic N) is 1. The van der Waals surface area contributed by atoms with E-state index in [-0.39, 0.29) is 23.9 Å². The lowest BCUT2D eigenvalue weighted by molar-refractivity contribution is 0.179. The van der Waals surface area contributed by atoms with E-state index >= 15 is 0 Å². The van der Waals surface area contributed by atoms with Crippen molar-refractivity contribution >= 4 is 6.03 Å². The highest BCUT2D eigenvalue weighted by molar-refractivity contribution is 5.75. The summed E-state index contributed by atoms with van der Waals surface area (Å²) < 4.78 is 0. The maximum Gasteiger partial charge on any atom is 0.318 e. The first-order valence-electron chi connectivity index (χ1n) is 6.85. The van der Waals surface area contributed by atoms with Gasteiger partial charge in [-0.15, -0.1) is 0 Å². The average Bonchev–Trinajstić information content (AvgIpc) is 2.39. The molecule has 4 nitrogen and oxygen atoms in total. The number of urea groups is 1. The van der Waals surface area contributed by atoms with E-state index in [9.17, 15) is 9.90 Å². The van der Waals surface area contributed by atoms with Gasteiger partial charge in [-0.25, -0.2) is 4.79 Å². The number of hydrogen-bond donors (Lipinski definition) is 2. The summed E-state index contributed by atoms with van der Waals surface area (Å²) in [6.07, 6.45) is 0.907. The van der Waals surface area contributed by atoms with E-state index in [1.807, 2.05) is 33.8 Å². The van der Waals surface area contributed by atoms with Crippen LogP contribution >= 0.6 is 0 Å². The average molecular weight is 264 g/mol. The molecule has 0 aliphatic rings. The van der Waals surface area contributed by atoms with Gasteiger partial charge in [0.05, 0.1) is 6.04 Å². The molecule has 0 saturated carbocycles. The molecule has 0 aromatic heterocycles. The molecule has 2 amide bonds. The topological polar surface area (TPSA) is 52.6 Å². The molecule has 0 unspecified atom stereocenters. The number of carbonyl (C=O) groups is 1. The summed E-state index contributed by atoms with van der Waals surface area (Å²) in [5, 5.41) is 12.5. The molecule has 0 spiro atoms. The van der Waals surface area contributed by atoms with Crippen molar-refractivity contribution in [1.29, 1.82) is 0 Å². The van der Waals surface area contributed by atoms with Gasteiger partial charge in [0.2, 0.25) is 0 Å². The van der Waals surface area contributed by atoms with Gasteiger partial charge in [0.1, 0.15) is 5.75 Å². The maximum absolute atomic E-state index is 12.2. The lowest BCUT2D eigenvalue weighted by Gasteiger charge is -2.30. The van der Waals surface area contributed by atoms with Crippen molar-refractivity contribution in [2.24, 2.45) is 0 Å². The third kappa shape index (κ3) is 4.16. The van der Waals surface area contributed by atoms with Crippen molar-refractivity contribution in [3.05, 3.63) is 29.8 Å². The first-order valence-corrected chi connectivity index (χ1v) is 6.85. The van der Waals surface area contributed by atoms with Crippen LogP contribution in [0.4, 0.5) is 4.79 Å². The van der Waals surface area contributed by atoms with Gasteiger partial charge in [-0.3, -0.25) is 0 Å². The van der Waals surface area contributed by atoms with Crippen LogP contribution in [0, 0.1) is 0 Å². The van der Waals surface area contributed by atoms with Gasteiger partial charge in [-0.2, -0.15) is 0 Å². The van der Waals surface area contributed by atoms with Crippen LogP contribution in [0.1, 0.15) is 45.7 Å². The molecule has 19 heavy (non-hydrogen) atoms. The van der Waals surface area contributed by atoms with Gasteiger partial charge in [0.25, 0.3) is 0 Å². The van der Waals surface area contributed by atoms with Crippen LogP contribution in [0.5, 0.6) is 5.75 Å². The third-order valence-corrected chi connectivity index (χ3v) is 3.40. The van der Waals surface area contributed by atoms with Gasteiger partial charge in [0, 0.05) is 12.6 Å². The Bertz CT molecular complexity index is 420. The first kappa shape index (κ1) is 15.3. The number of phenolic OH excluding ortho intramolecular Hbond substituents is 1. The summed E-state index contributed by atoms with van der Waals surface area (Å²) in [4.78, 5) is 14.0. The Labute approximate surface area is 115 Å². The molecule has 0 aliphatic heterocycles. The second-order valence-electron chi connectivity index (χ2n) is 4.82. The van der Waals surface area contributed by atoms with E-state index in [4.69, 9.17) is 0 Å². The van der Waals surface area contributed by atoms with Crippen molar-refractivity contribution in [1.82, 2.24) is 10.2 Å². The SMILES string of the molecule is CC[C@H](C)NC(=O)N(CC)[C@H](C)c1cccc(O)c1. The van der Waals surface area contributed by atoms with E-state index in [1.165, 1.54) is 0 Å². The Morgan fingerprint density at radius 2 is 2.05 bits per heavy atom. The lowest BCUT2D eigenvalue weighted by Crippen LogP contribution is -2.44. The lowest BCUT2D eigenvalue weighted by atomic mass is 10.1. The highest BCUT2D eigenvalue weighted by Gasteiger charge is 2.20. The van der Waals surface area contributed by atoms with Gasteiger partial charge in [-0.05, 0) is 44.9 Å². The van der Waals surface area contributed by atoms with Gasteiger partial charge in [0.15, 0.2) is 0 Å². The van der Waals surface area contributed by atoms with Gasteiger partial charge < -0.3 is 15.3 Å². The summed E-state index contributed by atoms with van der Waals surface area (Å²) in [5.41, 5.74) is 0.932. The Kier molecular flexibility index (Phi) is 5.67. The van der Waals surface area contributed by atoms with Crippen LogP contribution < -0.4 is 5.32 Å². The van der Waals surface area contributed by atoms with Crippen molar-refractivity contribution in [3.63, 3.8) is 0 Å². The molecule has 1 aromatic carbocycles. The number of rotatable bonds is 5. The Morgan fingerprint density at radius 1 is 1.37 bits per heavy atom. The normalized spacial score (nSPS) is 13.7. The number of benzene rings is 1. The maximum atomic E-state index is 12.2. The Balaban J connectivity index is 2.81. The molecular formula is C15H24N2O2. The minimum absolute atomic E-state index is 0.0623.